The fourth-order valence-electron chi connectivity index (χ4n) is 3.74. The van der Waals surface area contributed by atoms with Crippen LogP contribution >= 0.6 is 45.5 Å². The number of nitrogens with one attached hydrogen (secondary N) is 2. The van der Waals surface area contributed by atoms with E-state index in [0.29, 0.717) is 5.75 Å². The third kappa shape index (κ3) is 30.7. The van der Waals surface area contributed by atoms with E-state index in [2.05, 4.69) is 45.8 Å². The minimum atomic E-state index is -1.35. The van der Waals surface area contributed by atoms with Crippen LogP contribution in [0.5, 0.6) is 0 Å². The Morgan fingerprint density at radius 1 is 0.759 bits per heavy atom. The van der Waals surface area contributed by atoms with Crippen LogP contribution < -0.4 is 44.6 Å². The molecule has 0 aliphatic rings. The molecule has 2 heterocycles. The molecule has 0 radical (unpaired) electrons. The maximum atomic E-state index is 12.3. The van der Waals surface area contributed by atoms with E-state index in [1.807, 2.05) is 29.0 Å². The second-order valence-corrected chi connectivity index (χ2v) is 19.7. The Morgan fingerprint density at radius 3 is 1.57 bits per heavy atom. The number of carboxylic acid groups (broad SMARTS) is 4. The monoisotopic (exact) mass is 1030 g/mol. The average molecular weight is 1020 g/mol. The Morgan fingerprint density at radius 2 is 1.19 bits per heavy atom. The number of nitrogens with zero attached hydrogens (tertiary/aromatic N) is 1. The molecule has 19 nitrogen and oxygen atoms in total. The SMILES string of the molecule is N.N.N#C[Se]Cc1cccs1.[NH3+]C(CCC(=O)NC(CS)C(=O)CCC(=O)O)C(=O)[O-].[NH3+]C(CCC(=O)NC(CS[Se]Cc1cccs1)C(=O)CCC(=O)O)C(=O)[O-]. The van der Waals surface area contributed by atoms with Gasteiger partial charge in [0.05, 0.1) is 18.4 Å². The van der Waals surface area contributed by atoms with Crippen LogP contribution in [0.1, 0.15) is 61.1 Å². The fourth-order valence-corrected chi connectivity index (χ4v) is 11.3. The average Bonchev–Trinajstić information content (AvgIpc) is 3.89. The van der Waals surface area contributed by atoms with Crippen LogP contribution in [-0.4, -0.2) is 122 Å². The molecule has 2 aromatic heterocycles. The summed E-state index contributed by atoms with van der Waals surface area (Å²) in [5.74, 6) is -6.17. The van der Waals surface area contributed by atoms with Crippen molar-refractivity contribution in [1.82, 2.24) is 22.9 Å². The quantitative estimate of drug-likeness (QED) is 0.0265. The van der Waals surface area contributed by atoms with Gasteiger partial charge in [0, 0.05) is 25.0 Å². The molecule has 2 amide bonds. The molecule has 0 aromatic carbocycles. The van der Waals surface area contributed by atoms with Gasteiger partial charge in [-0.05, 0) is 0 Å². The van der Waals surface area contributed by atoms with Crippen molar-refractivity contribution in [2.45, 2.75) is 86.2 Å². The number of carboxylic acids is 4. The standard InChI is InChI=1S/C16H22N2O6S2Se.C11H18N2O6S.C6H5NSSe.2H3N/c17-11(16(23)24)3-5-14(20)18-12(13(19)4-6-15(21)22)8-26-27-9-10-2-1-7-25-10;12-6(11(18)19)1-3-9(15)13-7(5-20)8(14)2-4-10(16)17;7-5-9-4-6-2-1-3-8-6;;/h1-2,7,11-12H,3-6,8-9,17H2,(H,18,20)(H,21,22)(H,23,24);6-7,20H,1-5,12H2,(H,13,15)(H,16,17)(H,18,19);1-3H,4H2;2*1H3. The first-order chi connectivity index (χ1) is 26.5. The van der Waals surface area contributed by atoms with Crippen LogP contribution in [0.25, 0.3) is 0 Å². The summed E-state index contributed by atoms with van der Waals surface area (Å²) in [4.78, 5) is 94.3. The summed E-state index contributed by atoms with van der Waals surface area (Å²) in [6.07, 6.45) is -1.15. The van der Waals surface area contributed by atoms with Gasteiger partial charge in [0.15, 0.2) is 5.78 Å². The van der Waals surface area contributed by atoms with Gasteiger partial charge in [-0.2, -0.15) is 12.6 Å². The number of carbonyl (C=O) groups is 8. The predicted octanol–water partition coefficient (Wildman–Crippen LogP) is -2.61. The van der Waals surface area contributed by atoms with E-state index in [4.69, 9.17) is 15.5 Å². The van der Waals surface area contributed by atoms with E-state index >= 15 is 0 Å². The Kier molecular flexibility index (Phi) is 36.1. The molecule has 0 spiro atoms. The molecule has 4 atom stereocenters. The van der Waals surface area contributed by atoms with Gasteiger partial charge in [0.2, 0.25) is 5.91 Å². The second kappa shape index (κ2) is 35.6. The summed E-state index contributed by atoms with van der Waals surface area (Å²) < 4.78 is 0. The number of Topliss-reactive ketones (excluding diaryl/α,β-unsaturated/α-hetero) is 2. The molecule has 2 rings (SSSR count). The number of hydrogen-bond acceptors (Lipinski definition) is 17. The molecule has 16 N–H and O–H groups in total. The molecular weight excluding hydrogens is 973 g/mol. The number of rotatable bonds is 26. The molecule has 58 heavy (non-hydrogen) atoms. The van der Waals surface area contributed by atoms with Gasteiger partial charge in [0.1, 0.15) is 6.04 Å². The molecule has 2 aromatic rings. The third-order valence-corrected chi connectivity index (χ3v) is 15.1. The number of thiol groups is 1. The third-order valence-electron chi connectivity index (χ3n) is 6.87. The van der Waals surface area contributed by atoms with E-state index in [1.54, 1.807) is 32.9 Å². The van der Waals surface area contributed by atoms with Gasteiger partial charge in [-0.1, -0.05) is 0 Å². The Hall–Kier alpha value is -3.37. The topological polar surface area (TPSA) is 396 Å². The van der Waals surface area contributed by atoms with Crippen molar-refractivity contribution in [2.75, 3.05) is 11.5 Å². The first kappa shape index (κ1) is 58.9. The van der Waals surface area contributed by atoms with E-state index in [0.717, 1.165) is 10.6 Å². The molecule has 326 valence electrons. The zero-order valence-electron chi connectivity index (χ0n) is 31.5. The molecular formula is C33H51N7O12S4Se2. The van der Waals surface area contributed by atoms with Crippen LogP contribution in [0.2, 0.25) is 0 Å². The van der Waals surface area contributed by atoms with Gasteiger partial charge in [-0.25, -0.2) is 0 Å². The van der Waals surface area contributed by atoms with Crippen molar-refractivity contribution in [3.05, 3.63) is 44.8 Å². The van der Waals surface area contributed by atoms with Crippen LogP contribution in [0.15, 0.2) is 35.0 Å². The number of nitriles is 1. The number of hydrogen-bond donors (Lipinski definition) is 9. The van der Waals surface area contributed by atoms with Crippen LogP contribution in [-0.2, 0) is 49.0 Å². The van der Waals surface area contributed by atoms with E-state index in [-0.39, 0.29) is 104 Å². The number of carbonyl (C=O) groups excluding carboxylic acids is 6. The number of quaternary nitrogens is 2. The molecule has 0 fully saturated rings. The fraction of sp³-hybridized carbons (Fsp3) is 0.485. The summed E-state index contributed by atoms with van der Waals surface area (Å²) in [6, 6.07) is 4.45. The maximum absolute atomic E-state index is 12.3. The summed E-state index contributed by atoms with van der Waals surface area (Å²) in [7, 11) is 1.56. The first-order valence-electron chi connectivity index (χ1n) is 16.6. The first-order valence-corrected chi connectivity index (χ1v) is 25.2. The molecule has 0 aliphatic heterocycles. The van der Waals surface area contributed by atoms with Crippen molar-refractivity contribution in [3.63, 3.8) is 0 Å². The Balaban J connectivity index is -0.000000855. The molecule has 0 aliphatic carbocycles. The van der Waals surface area contributed by atoms with Crippen LogP contribution in [0, 0.1) is 10.2 Å². The zero-order chi connectivity index (χ0) is 42.5. The Bertz CT molecular complexity index is 1590. The summed E-state index contributed by atoms with van der Waals surface area (Å²) >= 11 is 7.65. The van der Waals surface area contributed by atoms with Crippen LogP contribution in [0.3, 0.4) is 0 Å². The van der Waals surface area contributed by atoms with Crippen molar-refractivity contribution >= 4 is 122 Å². The van der Waals surface area contributed by atoms with E-state index in [1.165, 1.54) is 9.75 Å². The number of ketones is 2. The summed E-state index contributed by atoms with van der Waals surface area (Å²) in [6.45, 7) is 0. The number of amides is 2. The molecule has 0 saturated heterocycles. The zero-order valence-corrected chi connectivity index (χ0v) is 38.3. The Labute approximate surface area is 365 Å². The predicted molar refractivity (Wildman–Crippen MR) is 219 cm³/mol. The molecule has 4 unspecified atom stereocenters. The van der Waals surface area contributed by atoms with E-state index in [9.17, 15) is 48.6 Å². The van der Waals surface area contributed by atoms with Gasteiger partial charge in [-0.3, -0.25) is 14.4 Å². The van der Waals surface area contributed by atoms with Crippen LogP contribution in [0.4, 0.5) is 0 Å². The second-order valence-electron chi connectivity index (χ2n) is 11.3. The molecule has 25 heteroatoms. The van der Waals surface area contributed by atoms with Crippen molar-refractivity contribution < 1.29 is 70.2 Å². The van der Waals surface area contributed by atoms with Gasteiger partial charge >= 0.3 is 241 Å². The van der Waals surface area contributed by atoms with Crippen molar-refractivity contribution in [2.24, 2.45) is 0 Å². The summed E-state index contributed by atoms with van der Waals surface area (Å²) in [5, 5.41) is 57.4. The number of aliphatic carboxylic acids is 4. The molecule has 0 bridgehead atoms. The van der Waals surface area contributed by atoms with Crippen molar-refractivity contribution in [3.8, 4) is 4.97 Å². The normalized spacial score (nSPS) is 12.0. The van der Waals surface area contributed by atoms with E-state index < -0.39 is 65.6 Å². The minimum absolute atomic E-state index is 0. The summed E-state index contributed by atoms with van der Waals surface area (Å²) in [5.41, 5.74) is 6.69. The number of thiophene rings is 2. The molecule has 0 saturated carbocycles. The van der Waals surface area contributed by atoms with Gasteiger partial charge in [-0.15, -0.1) is 0 Å². The van der Waals surface area contributed by atoms with Crippen molar-refractivity contribution in [1.29, 1.82) is 5.26 Å². The van der Waals surface area contributed by atoms with Gasteiger partial charge in [0.25, 0.3) is 0 Å². The van der Waals surface area contributed by atoms with Gasteiger partial charge < -0.3 is 38.4 Å².